The first-order chi connectivity index (χ1) is 9.35. The van der Waals surface area contributed by atoms with Crippen LogP contribution < -0.4 is 15.8 Å². The van der Waals surface area contributed by atoms with Gasteiger partial charge in [0.2, 0.25) is 10.0 Å². The summed E-state index contributed by atoms with van der Waals surface area (Å²) in [5.41, 5.74) is 6.43. The molecule has 0 fully saturated rings. The predicted octanol–water partition coefficient (Wildman–Crippen LogP) is 0.313. The van der Waals surface area contributed by atoms with Gasteiger partial charge in [-0.2, -0.15) is 0 Å². The molecule has 0 aliphatic rings. The number of methoxy groups -OCH3 is 1. The zero-order valence-electron chi connectivity index (χ0n) is 11.8. The highest BCUT2D eigenvalue weighted by Crippen LogP contribution is 2.14. The van der Waals surface area contributed by atoms with Crippen LogP contribution >= 0.6 is 0 Å². The van der Waals surface area contributed by atoms with Gasteiger partial charge >= 0.3 is 0 Å². The summed E-state index contributed by atoms with van der Waals surface area (Å²) in [6.45, 7) is 0.107. The molecule has 1 aromatic rings. The van der Waals surface area contributed by atoms with Gasteiger partial charge < -0.3 is 15.8 Å². The van der Waals surface area contributed by atoms with Gasteiger partial charge in [-0.1, -0.05) is 0 Å². The van der Waals surface area contributed by atoms with E-state index in [1.807, 2.05) is 0 Å². The van der Waals surface area contributed by atoms with E-state index in [0.717, 1.165) is 15.7 Å². The van der Waals surface area contributed by atoms with Crippen molar-refractivity contribution in [1.29, 1.82) is 0 Å². The summed E-state index contributed by atoms with van der Waals surface area (Å²) in [6, 6.07) is 7.15. The molecule has 0 atom stereocenters. The van der Waals surface area contributed by atoms with Gasteiger partial charge in [0.1, 0.15) is 5.75 Å². The van der Waals surface area contributed by atoms with Crippen LogP contribution in [0.4, 0.5) is 5.69 Å². The van der Waals surface area contributed by atoms with Gasteiger partial charge in [-0.25, -0.2) is 12.7 Å². The predicted molar refractivity (Wildman–Crippen MR) is 80.6 cm³/mol. The summed E-state index contributed by atoms with van der Waals surface area (Å²) in [5, 5.41) is 2.87. The van der Waals surface area contributed by atoms with Crippen molar-refractivity contribution in [2.45, 2.75) is 0 Å². The van der Waals surface area contributed by atoms with Crippen molar-refractivity contribution in [2.24, 2.45) is 10.7 Å². The van der Waals surface area contributed by atoms with E-state index in [1.54, 1.807) is 31.4 Å². The fraction of sp³-hybridized carbons (Fsp3) is 0.417. The third-order valence-electron chi connectivity index (χ3n) is 2.55. The molecule has 0 bridgehead atoms. The third-order valence-corrected chi connectivity index (χ3v) is 4.36. The summed E-state index contributed by atoms with van der Waals surface area (Å²) in [5.74, 6) is 0.831. The number of guanidine groups is 1. The molecule has 0 aliphatic heterocycles. The van der Waals surface area contributed by atoms with Crippen LogP contribution in [0.2, 0.25) is 0 Å². The first kappa shape index (κ1) is 16.3. The van der Waals surface area contributed by atoms with Crippen molar-refractivity contribution in [3.05, 3.63) is 24.3 Å². The van der Waals surface area contributed by atoms with E-state index >= 15 is 0 Å². The molecule has 1 rings (SSSR count). The minimum Gasteiger partial charge on any atom is -0.497 e. The fourth-order valence-corrected chi connectivity index (χ4v) is 2.01. The highest BCUT2D eigenvalue weighted by atomic mass is 32.2. The zero-order valence-corrected chi connectivity index (χ0v) is 12.6. The second-order valence-electron chi connectivity index (χ2n) is 4.22. The number of nitrogens with zero attached hydrogens (tertiary/aromatic N) is 2. The minimum atomic E-state index is -3.25. The topological polar surface area (TPSA) is 97.0 Å². The molecule has 0 aliphatic carbocycles. The molecule has 0 radical (unpaired) electrons. The molecular weight excluding hydrogens is 280 g/mol. The number of nitrogens with two attached hydrogens (primary N) is 1. The van der Waals surface area contributed by atoms with Crippen molar-refractivity contribution in [2.75, 3.05) is 38.8 Å². The summed E-state index contributed by atoms with van der Waals surface area (Å²) in [6.07, 6.45) is 0. The Labute approximate surface area is 119 Å². The Bertz CT molecular complexity index is 553. The average Bonchev–Trinajstić information content (AvgIpc) is 2.39. The maximum atomic E-state index is 11.5. The number of sulfonamides is 1. The number of hydrogen-bond donors (Lipinski definition) is 2. The molecular formula is C12H20N4O3S. The molecule has 0 aromatic heterocycles. The Balaban J connectivity index is 2.53. The van der Waals surface area contributed by atoms with E-state index in [0.29, 0.717) is 0 Å². The van der Waals surface area contributed by atoms with Crippen LogP contribution in [0.25, 0.3) is 0 Å². The zero-order chi connectivity index (χ0) is 15.2. The van der Waals surface area contributed by atoms with Crippen LogP contribution in [0.5, 0.6) is 5.75 Å². The van der Waals surface area contributed by atoms with Crippen LogP contribution in [-0.2, 0) is 10.0 Å². The van der Waals surface area contributed by atoms with Crippen LogP contribution in [-0.4, -0.2) is 52.2 Å². The lowest BCUT2D eigenvalue weighted by Gasteiger charge is -2.10. The van der Waals surface area contributed by atoms with Gasteiger partial charge in [0.25, 0.3) is 0 Å². The molecule has 1 aromatic carbocycles. The van der Waals surface area contributed by atoms with E-state index in [2.05, 4.69) is 10.3 Å². The SMILES string of the molecule is COc1ccc(NC(N)=NCCS(=O)(=O)N(C)C)cc1. The summed E-state index contributed by atoms with van der Waals surface area (Å²) < 4.78 is 29.2. The fourth-order valence-electron chi connectivity index (χ4n) is 1.33. The van der Waals surface area contributed by atoms with Crippen LogP contribution in [0.15, 0.2) is 29.3 Å². The second-order valence-corrected chi connectivity index (χ2v) is 6.52. The lowest BCUT2D eigenvalue weighted by atomic mass is 10.3. The van der Waals surface area contributed by atoms with Crippen molar-refractivity contribution < 1.29 is 13.2 Å². The van der Waals surface area contributed by atoms with Crippen LogP contribution in [0.1, 0.15) is 0 Å². The minimum absolute atomic E-state index is 0.0784. The van der Waals surface area contributed by atoms with Gasteiger partial charge in [-0.05, 0) is 24.3 Å². The van der Waals surface area contributed by atoms with E-state index in [1.165, 1.54) is 14.1 Å². The first-order valence-corrected chi connectivity index (χ1v) is 7.57. The van der Waals surface area contributed by atoms with Crippen molar-refractivity contribution in [3.63, 3.8) is 0 Å². The van der Waals surface area contributed by atoms with E-state index < -0.39 is 10.0 Å². The van der Waals surface area contributed by atoms with Crippen molar-refractivity contribution in [1.82, 2.24) is 4.31 Å². The lowest BCUT2D eigenvalue weighted by Crippen LogP contribution is -2.28. The summed E-state index contributed by atoms with van der Waals surface area (Å²) >= 11 is 0. The maximum Gasteiger partial charge on any atom is 0.215 e. The first-order valence-electron chi connectivity index (χ1n) is 5.96. The van der Waals surface area contributed by atoms with Gasteiger partial charge in [-0.15, -0.1) is 0 Å². The third kappa shape index (κ3) is 5.06. The van der Waals surface area contributed by atoms with E-state index in [9.17, 15) is 8.42 Å². The molecule has 0 unspecified atom stereocenters. The molecule has 8 heteroatoms. The second kappa shape index (κ2) is 7.11. The number of anilines is 1. The summed E-state index contributed by atoms with van der Waals surface area (Å²) in [7, 11) is 1.31. The number of ether oxygens (including phenoxy) is 1. The molecule has 20 heavy (non-hydrogen) atoms. The molecule has 0 amide bonds. The highest BCUT2D eigenvalue weighted by molar-refractivity contribution is 7.89. The van der Waals surface area contributed by atoms with Gasteiger partial charge in [0.05, 0.1) is 19.4 Å². The number of hydrogen-bond acceptors (Lipinski definition) is 4. The number of benzene rings is 1. The molecule has 0 saturated carbocycles. The Kier molecular flexibility index (Phi) is 5.78. The van der Waals surface area contributed by atoms with Gasteiger partial charge in [0.15, 0.2) is 5.96 Å². The quantitative estimate of drug-likeness (QED) is 0.582. The number of aliphatic imine (C=N–C) groups is 1. The van der Waals surface area contributed by atoms with E-state index in [4.69, 9.17) is 10.5 Å². The van der Waals surface area contributed by atoms with Gasteiger partial charge in [-0.3, -0.25) is 4.99 Å². The van der Waals surface area contributed by atoms with Crippen LogP contribution in [0.3, 0.4) is 0 Å². The number of rotatable bonds is 6. The van der Waals surface area contributed by atoms with Crippen molar-refractivity contribution >= 4 is 21.7 Å². The molecule has 0 heterocycles. The van der Waals surface area contributed by atoms with E-state index in [-0.39, 0.29) is 18.3 Å². The Morgan fingerprint density at radius 2 is 1.95 bits per heavy atom. The monoisotopic (exact) mass is 300 g/mol. The summed E-state index contributed by atoms with van der Waals surface area (Å²) in [4.78, 5) is 3.98. The molecule has 7 nitrogen and oxygen atoms in total. The standard InChI is InChI=1S/C12H20N4O3S/c1-16(2)20(17,18)9-8-14-12(13)15-10-4-6-11(19-3)7-5-10/h4-7H,8-9H2,1-3H3,(H3,13,14,15). The number of nitrogens with one attached hydrogen (secondary N) is 1. The van der Waals surface area contributed by atoms with Gasteiger partial charge in [0, 0.05) is 19.8 Å². The largest absolute Gasteiger partial charge is 0.497 e. The average molecular weight is 300 g/mol. The normalized spacial score (nSPS) is 12.5. The molecule has 0 spiro atoms. The smallest absolute Gasteiger partial charge is 0.215 e. The highest BCUT2D eigenvalue weighted by Gasteiger charge is 2.12. The molecule has 3 N–H and O–H groups in total. The molecule has 112 valence electrons. The lowest BCUT2D eigenvalue weighted by molar-refractivity contribution is 0.415. The Morgan fingerprint density at radius 3 is 2.45 bits per heavy atom. The van der Waals surface area contributed by atoms with Crippen molar-refractivity contribution in [3.8, 4) is 5.75 Å². The molecule has 0 saturated heterocycles. The maximum absolute atomic E-state index is 11.5. The Hall–Kier alpha value is -1.80. The Morgan fingerprint density at radius 1 is 1.35 bits per heavy atom. The van der Waals surface area contributed by atoms with Crippen LogP contribution in [0, 0.1) is 0 Å².